The van der Waals surface area contributed by atoms with Crippen LogP contribution in [0.1, 0.15) is 24.0 Å². The van der Waals surface area contributed by atoms with Crippen molar-refractivity contribution >= 4 is 36.6 Å². The molecule has 0 fully saturated rings. The summed E-state index contributed by atoms with van der Waals surface area (Å²) in [6, 6.07) is 9.81. The first-order valence-electron chi connectivity index (χ1n) is 7.53. The predicted molar refractivity (Wildman–Crippen MR) is 100 cm³/mol. The molecular weight excluding hydrogens is 388 g/mol. The number of hydrogen-bond acceptors (Lipinski definition) is 3. The highest BCUT2D eigenvalue weighted by atomic mass is 35.5. The van der Waals surface area contributed by atoms with Gasteiger partial charge >= 0.3 is 6.36 Å². The lowest BCUT2D eigenvalue weighted by molar-refractivity contribution is -0.274. The van der Waals surface area contributed by atoms with Crippen molar-refractivity contribution in [2.45, 2.75) is 19.2 Å². The number of nitrogens with zero attached hydrogens (tertiary/aromatic N) is 2. The molecule has 2 aromatic rings. The molecule has 0 saturated carbocycles. The monoisotopic (exact) mass is 404 g/mol. The van der Waals surface area contributed by atoms with Crippen molar-refractivity contribution in [3.05, 3.63) is 65.5 Å². The van der Waals surface area contributed by atoms with E-state index in [9.17, 15) is 13.2 Å². The molecule has 3 rings (SSSR count). The van der Waals surface area contributed by atoms with E-state index in [2.05, 4.69) is 14.7 Å². The van der Waals surface area contributed by atoms with E-state index < -0.39 is 6.36 Å². The number of alkyl halides is 3. The Balaban J connectivity index is 0.00000169. The van der Waals surface area contributed by atoms with Gasteiger partial charge in [0.15, 0.2) is 0 Å². The van der Waals surface area contributed by atoms with Crippen LogP contribution in [-0.4, -0.2) is 23.6 Å². The van der Waals surface area contributed by atoms with Gasteiger partial charge in [0.05, 0.1) is 5.71 Å². The summed E-state index contributed by atoms with van der Waals surface area (Å²) in [5.41, 5.74) is 2.89. The van der Waals surface area contributed by atoms with Crippen molar-refractivity contribution in [1.29, 1.82) is 0 Å². The van der Waals surface area contributed by atoms with Gasteiger partial charge < -0.3 is 4.74 Å². The van der Waals surface area contributed by atoms with E-state index in [-0.39, 0.29) is 30.6 Å². The number of pyridine rings is 1. The lowest BCUT2D eigenvalue weighted by atomic mass is 9.94. The molecule has 0 spiro atoms. The quantitative estimate of drug-likeness (QED) is 0.677. The van der Waals surface area contributed by atoms with Gasteiger partial charge in [-0.05, 0) is 42.7 Å². The number of allylic oxidation sites excluding steroid dienone is 1. The summed E-state index contributed by atoms with van der Waals surface area (Å²) >= 11 is 0. The topological polar surface area (TPSA) is 34.5 Å². The highest BCUT2D eigenvalue weighted by Crippen LogP contribution is 2.30. The Kier molecular flexibility index (Phi) is 8.11. The molecule has 26 heavy (non-hydrogen) atoms. The van der Waals surface area contributed by atoms with E-state index in [0.29, 0.717) is 12.1 Å². The summed E-state index contributed by atoms with van der Waals surface area (Å²) in [7, 11) is 0. The van der Waals surface area contributed by atoms with Crippen LogP contribution in [-0.2, 0) is 0 Å². The van der Waals surface area contributed by atoms with Gasteiger partial charge in [-0.3, -0.25) is 9.98 Å². The van der Waals surface area contributed by atoms with E-state index in [1.807, 2.05) is 12.1 Å². The fourth-order valence-electron chi connectivity index (χ4n) is 2.61. The van der Waals surface area contributed by atoms with Crippen LogP contribution in [0.3, 0.4) is 0 Å². The number of rotatable bonds is 3. The van der Waals surface area contributed by atoms with Crippen LogP contribution in [0.25, 0.3) is 6.08 Å². The summed E-state index contributed by atoms with van der Waals surface area (Å²) in [4.78, 5) is 8.61. The van der Waals surface area contributed by atoms with Gasteiger partial charge in [0.25, 0.3) is 0 Å². The molecule has 1 aliphatic heterocycles. The van der Waals surface area contributed by atoms with Crippen molar-refractivity contribution in [3.8, 4) is 5.75 Å². The van der Waals surface area contributed by atoms with E-state index in [1.165, 1.54) is 12.1 Å². The minimum absolute atomic E-state index is 0. The highest BCUT2D eigenvalue weighted by molar-refractivity contribution is 6.15. The molecule has 0 saturated heterocycles. The van der Waals surface area contributed by atoms with Gasteiger partial charge in [-0.2, -0.15) is 0 Å². The molecule has 1 aromatic heterocycles. The third kappa shape index (κ3) is 5.75. The zero-order valence-electron chi connectivity index (χ0n) is 13.6. The molecule has 0 bridgehead atoms. The summed E-state index contributed by atoms with van der Waals surface area (Å²) < 4.78 is 41.8. The highest BCUT2D eigenvalue weighted by Gasteiger charge is 2.31. The fourth-order valence-corrected chi connectivity index (χ4v) is 2.61. The van der Waals surface area contributed by atoms with Gasteiger partial charge in [0, 0.05) is 30.1 Å². The smallest absolute Gasteiger partial charge is 0.405 e. The number of para-hydroxylation sites is 1. The molecule has 0 radical (unpaired) electrons. The summed E-state index contributed by atoms with van der Waals surface area (Å²) in [5.74, 6) is -0.214. The Morgan fingerprint density at radius 1 is 1.04 bits per heavy atom. The number of ether oxygens (including phenoxy) is 1. The zero-order chi connectivity index (χ0) is 17.0. The Morgan fingerprint density at radius 2 is 1.81 bits per heavy atom. The lowest BCUT2D eigenvalue weighted by Crippen LogP contribution is -2.18. The number of aliphatic imine (C=N–C) groups is 1. The molecule has 1 aromatic carbocycles. The zero-order valence-corrected chi connectivity index (χ0v) is 15.2. The van der Waals surface area contributed by atoms with Crippen LogP contribution < -0.4 is 4.74 Å². The molecule has 140 valence electrons. The largest absolute Gasteiger partial charge is 0.573 e. The molecular formula is C18H17Cl2F3N2O. The number of aromatic nitrogens is 1. The SMILES string of the molecule is Cl.Cl.FC(F)(F)Oc1ccccc1/C=C1\CCCN=C1c1cccnc1. The Bertz CT molecular complexity index is 778. The standard InChI is InChI=1S/C18H15F3N2O.2ClH/c19-18(20,21)24-16-8-2-1-5-13(16)11-14-6-4-10-23-17(14)15-7-3-9-22-12-15;;/h1-3,5,7-9,11-12H,4,6,10H2;2*1H/b14-11+;;. The maximum absolute atomic E-state index is 12.6. The normalized spacial score (nSPS) is 15.5. The van der Waals surface area contributed by atoms with E-state index in [4.69, 9.17) is 0 Å². The minimum Gasteiger partial charge on any atom is -0.405 e. The van der Waals surface area contributed by atoms with Crippen LogP contribution in [0.4, 0.5) is 13.2 Å². The van der Waals surface area contributed by atoms with E-state index >= 15 is 0 Å². The maximum atomic E-state index is 12.6. The first-order valence-corrected chi connectivity index (χ1v) is 7.53. The van der Waals surface area contributed by atoms with Crippen molar-refractivity contribution in [1.82, 2.24) is 4.98 Å². The molecule has 2 heterocycles. The second-order valence-corrected chi connectivity index (χ2v) is 5.33. The first kappa shape index (κ1) is 22.0. The van der Waals surface area contributed by atoms with Crippen molar-refractivity contribution in [2.75, 3.05) is 6.54 Å². The van der Waals surface area contributed by atoms with E-state index in [1.54, 1.807) is 30.6 Å². The Labute approximate surface area is 161 Å². The molecule has 0 aliphatic carbocycles. The molecule has 3 nitrogen and oxygen atoms in total. The van der Waals surface area contributed by atoms with Crippen molar-refractivity contribution in [2.24, 2.45) is 4.99 Å². The van der Waals surface area contributed by atoms with Crippen LogP contribution in [0.5, 0.6) is 5.75 Å². The van der Waals surface area contributed by atoms with Crippen molar-refractivity contribution < 1.29 is 17.9 Å². The fraction of sp³-hybridized carbons (Fsp3) is 0.222. The number of halogens is 5. The summed E-state index contributed by atoms with van der Waals surface area (Å²) in [6.45, 7) is 0.697. The Hall–Kier alpha value is -2.05. The molecule has 8 heteroatoms. The van der Waals surface area contributed by atoms with Crippen LogP contribution >= 0.6 is 24.8 Å². The van der Waals surface area contributed by atoms with Crippen molar-refractivity contribution in [3.63, 3.8) is 0 Å². The predicted octanol–water partition coefficient (Wildman–Crippen LogP) is 5.49. The van der Waals surface area contributed by atoms with Crippen LogP contribution in [0, 0.1) is 0 Å². The molecule has 0 amide bonds. The van der Waals surface area contributed by atoms with Crippen LogP contribution in [0.15, 0.2) is 59.4 Å². The van der Waals surface area contributed by atoms with Gasteiger partial charge in [-0.25, -0.2) is 0 Å². The summed E-state index contributed by atoms with van der Waals surface area (Å²) in [6.07, 6.45) is 1.97. The van der Waals surface area contributed by atoms with E-state index in [0.717, 1.165) is 29.7 Å². The minimum atomic E-state index is -4.72. The number of hydrogen-bond donors (Lipinski definition) is 0. The van der Waals surface area contributed by atoms with Gasteiger partial charge in [0.2, 0.25) is 0 Å². The number of benzene rings is 1. The third-order valence-corrected chi connectivity index (χ3v) is 3.59. The average Bonchev–Trinajstić information content (AvgIpc) is 2.57. The first-order chi connectivity index (χ1) is 11.5. The molecule has 0 atom stereocenters. The van der Waals surface area contributed by atoms with Gasteiger partial charge in [0.1, 0.15) is 5.75 Å². The Morgan fingerprint density at radius 3 is 2.50 bits per heavy atom. The average molecular weight is 405 g/mol. The second kappa shape index (κ2) is 9.59. The summed E-state index contributed by atoms with van der Waals surface area (Å²) in [5, 5.41) is 0. The molecule has 0 unspecified atom stereocenters. The van der Waals surface area contributed by atoms with Gasteiger partial charge in [-0.15, -0.1) is 38.0 Å². The lowest BCUT2D eigenvalue weighted by Gasteiger charge is -2.17. The maximum Gasteiger partial charge on any atom is 0.573 e. The second-order valence-electron chi connectivity index (χ2n) is 5.33. The third-order valence-electron chi connectivity index (χ3n) is 3.59. The van der Waals surface area contributed by atoms with Crippen LogP contribution in [0.2, 0.25) is 0 Å². The molecule has 1 aliphatic rings. The molecule has 0 N–H and O–H groups in total. The van der Waals surface area contributed by atoms with Gasteiger partial charge in [-0.1, -0.05) is 18.2 Å².